The van der Waals surface area contributed by atoms with Crippen LogP contribution in [0.2, 0.25) is 0 Å². The van der Waals surface area contributed by atoms with Gasteiger partial charge in [0, 0.05) is 10.9 Å². The van der Waals surface area contributed by atoms with E-state index in [-0.39, 0.29) is 11.9 Å². The molecule has 2 heterocycles. The van der Waals surface area contributed by atoms with Crippen molar-refractivity contribution >= 4 is 16.9 Å². The summed E-state index contributed by atoms with van der Waals surface area (Å²) in [6, 6.07) is 7.43. The predicted octanol–water partition coefficient (Wildman–Crippen LogP) is 4.84. The molecule has 0 radical (unpaired) electrons. The van der Waals surface area contributed by atoms with Crippen LogP contribution in [0.25, 0.3) is 11.0 Å². The number of furan rings is 2. The molecule has 0 aliphatic carbocycles. The fraction of sp³-hybridized carbons (Fsp3) is 0.350. The second-order valence-electron chi connectivity index (χ2n) is 6.17. The van der Waals surface area contributed by atoms with Gasteiger partial charge in [0.2, 0.25) is 0 Å². The number of carbonyl (C=O) groups is 1. The van der Waals surface area contributed by atoms with Crippen LogP contribution in [0.15, 0.2) is 33.1 Å². The highest BCUT2D eigenvalue weighted by atomic mass is 16.5. The van der Waals surface area contributed by atoms with Crippen molar-refractivity contribution in [3.63, 3.8) is 0 Å². The van der Waals surface area contributed by atoms with Gasteiger partial charge in [0.15, 0.2) is 11.3 Å². The van der Waals surface area contributed by atoms with Crippen molar-refractivity contribution in [3.05, 3.63) is 52.7 Å². The molecule has 0 saturated carbocycles. The molecule has 5 heteroatoms. The van der Waals surface area contributed by atoms with Crippen LogP contribution in [-0.2, 0) is 0 Å². The number of fused-ring (bicyclic) bond motifs is 1. The van der Waals surface area contributed by atoms with Crippen LogP contribution < -0.4 is 10.1 Å². The van der Waals surface area contributed by atoms with Crippen LogP contribution in [-0.4, -0.2) is 12.5 Å². The largest absolute Gasteiger partial charge is 0.490 e. The molecule has 0 aliphatic heterocycles. The Hall–Kier alpha value is -2.69. The summed E-state index contributed by atoms with van der Waals surface area (Å²) in [6.07, 6.45) is 0. The maximum absolute atomic E-state index is 12.6. The number of rotatable bonds is 5. The number of aryl methyl sites for hydroxylation is 2. The highest BCUT2D eigenvalue weighted by molar-refractivity contribution is 5.97. The molecule has 0 spiro atoms. The lowest BCUT2D eigenvalue weighted by atomic mass is 10.1. The Kier molecular flexibility index (Phi) is 4.57. The third-order valence-corrected chi connectivity index (χ3v) is 4.39. The van der Waals surface area contributed by atoms with E-state index in [0.29, 0.717) is 35.0 Å². The van der Waals surface area contributed by atoms with Crippen LogP contribution in [0, 0.1) is 20.8 Å². The zero-order valence-electron chi connectivity index (χ0n) is 15.2. The number of nitrogens with one attached hydrogen (secondary N) is 1. The minimum Gasteiger partial charge on any atom is -0.490 e. The van der Waals surface area contributed by atoms with Crippen molar-refractivity contribution in [3.8, 4) is 5.75 Å². The molecule has 0 bridgehead atoms. The van der Waals surface area contributed by atoms with Crippen molar-refractivity contribution in [2.24, 2.45) is 0 Å². The number of para-hydroxylation sites is 1. The normalized spacial score (nSPS) is 12.4. The summed E-state index contributed by atoms with van der Waals surface area (Å²) in [4.78, 5) is 12.6. The third-order valence-electron chi connectivity index (χ3n) is 4.39. The summed E-state index contributed by atoms with van der Waals surface area (Å²) in [7, 11) is 0. The van der Waals surface area contributed by atoms with E-state index in [1.807, 2.05) is 52.0 Å². The van der Waals surface area contributed by atoms with Gasteiger partial charge in [-0.1, -0.05) is 12.1 Å². The number of carbonyl (C=O) groups excluding carboxylic acids is 1. The van der Waals surface area contributed by atoms with Crippen LogP contribution in [0.4, 0.5) is 0 Å². The van der Waals surface area contributed by atoms with Crippen molar-refractivity contribution < 1.29 is 18.4 Å². The van der Waals surface area contributed by atoms with E-state index in [9.17, 15) is 4.79 Å². The van der Waals surface area contributed by atoms with Crippen molar-refractivity contribution in [1.82, 2.24) is 5.32 Å². The number of hydrogen-bond acceptors (Lipinski definition) is 4. The van der Waals surface area contributed by atoms with Gasteiger partial charge in [-0.3, -0.25) is 4.79 Å². The predicted molar refractivity (Wildman–Crippen MR) is 96.2 cm³/mol. The SMILES string of the molecule is CCOc1cccc2cc(C(C)NC(=O)c3c(C)oc(C)c3C)oc12. The van der Waals surface area contributed by atoms with Crippen LogP contribution in [0.1, 0.15) is 53.1 Å². The van der Waals surface area contributed by atoms with Gasteiger partial charge in [-0.2, -0.15) is 0 Å². The average molecular weight is 341 g/mol. The highest BCUT2D eigenvalue weighted by Crippen LogP contribution is 2.31. The van der Waals surface area contributed by atoms with E-state index in [2.05, 4.69) is 5.32 Å². The molecule has 2 aromatic heterocycles. The minimum atomic E-state index is -0.275. The fourth-order valence-electron chi connectivity index (χ4n) is 3.01. The van der Waals surface area contributed by atoms with Gasteiger partial charge >= 0.3 is 0 Å². The van der Waals surface area contributed by atoms with E-state index in [1.165, 1.54) is 0 Å². The van der Waals surface area contributed by atoms with E-state index >= 15 is 0 Å². The quantitative estimate of drug-likeness (QED) is 0.721. The van der Waals surface area contributed by atoms with E-state index in [0.717, 1.165) is 16.7 Å². The second kappa shape index (κ2) is 6.67. The first-order chi connectivity index (χ1) is 11.9. The minimum absolute atomic E-state index is 0.162. The van der Waals surface area contributed by atoms with Crippen molar-refractivity contribution in [2.45, 2.75) is 40.7 Å². The third kappa shape index (κ3) is 3.14. The lowest BCUT2D eigenvalue weighted by molar-refractivity contribution is 0.0933. The summed E-state index contributed by atoms with van der Waals surface area (Å²) >= 11 is 0. The smallest absolute Gasteiger partial charge is 0.255 e. The zero-order valence-corrected chi connectivity index (χ0v) is 15.2. The van der Waals surface area contributed by atoms with Gasteiger partial charge < -0.3 is 18.9 Å². The maximum atomic E-state index is 12.6. The van der Waals surface area contributed by atoms with E-state index in [4.69, 9.17) is 13.6 Å². The summed E-state index contributed by atoms with van der Waals surface area (Å²) in [5, 5.41) is 3.94. The molecule has 25 heavy (non-hydrogen) atoms. The van der Waals surface area contributed by atoms with Gasteiger partial charge in [0.05, 0.1) is 18.2 Å². The molecule has 1 unspecified atom stereocenters. The van der Waals surface area contributed by atoms with Gasteiger partial charge in [-0.15, -0.1) is 0 Å². The Balaban J connectivity index is 1.86. The molecule has 0 fully saturated rings. The van der Waals surface area contributed by atoms with Gasteiger partial charge in [0.25, 0.3) is 5.91 Å². The lowest BCUT2D eigenvalue weighted by Crippen LogP contribution is -2.27. The van der Waals surface area contributed by atoms with Crippen LogP contribution >= 0.6 is 0 Å². The Morgan fingerprint density at radius 3 is 2.60 bits per heavy atom. The Morgan fingerprint density at radius 2 is 1.96 bits per heavy atom. The molecule has 1 amide bonds. The number of amides is 1. The Morgan fingerprint density at radius 1 is 1.20 bits per heavy atom. The molecule has 1 aromatic carbocycles. The fourth-order valence-corrected chi connectivity index (χ4v) is 3.01. The van der Waals surface area contributed by atoms with E-state index < -0.39 is 0 Å². The van der Waals surface area contributed by atoms with Gasteiger partial charge in [-0.05, 0) is 46.8 Å². The Bertz CT molecular complexity index is 919. The van der Waals surface area contributed by atoms with Gasteiger partial charge in [-0.25, -0.2) is 0 Å². The number of benzene rings is 1. The summed E-state index contributed by atoms with van der Waals surface area (Å²) < 4.78 is 17.1. The first kappa shape index (κ1) is 17.1. The first-order valence-corrected chi connectivity index (χ1v) is 8.45. The number of ether oxygens (including phenoxy) is 1. The number of hydrogen-bond donors (Lipinski definition) is 1. The standard InChI is InChI=1S/C20H23NO4/c1-6-23-16-9-7-8-15-10-17(25-19(15)16)12(3)21-20(22)18-11(2)13(4)24-14(18)5/h7-10,12H,6H2,1-5H3,(H,21,22). The molecular weight excluding hydrogens is 318 g/mol. The molecule has 3 rings (SSSR count). The molecule has 132 valence electrons. The maximum Gasteiger partial charge on any atom is 0.255 e. The zero-order chi connectivity index (χ0) is 18.1. The molecule has 1 N–H and O–H groups in total. The monoisotopic (exact) mass is 341 g/mol. The molecule has 5 nitrogen and oxygen atoms in total. The Labute approximate surface area is 147 Å². The summed E-state index contributed by atoms with van der Waals surface area (Å²) in [5.41, 5.74) is 2.16. The van der Waals surface area contributed by atoms with Crippen LogP contribution in [0.3, 0.4) is 0 Å². The summed E-state index contributed by atoms with van der Waals surface area (Å²) in [6.45, 7) is 9.95. The highest BCUT2D eigenvalue weighted by Gasteiger charge is 2.22. The average Bonchev–Trinajstić information content (AvgIpc) is 3.10. The molecule has 1 atom stereocenters. The topological polar surface area (TPSA) is 64.6 Å². The second-order valence-corrected chi connectivity index (χ2v) is 6.17. The molecular formula is C20H23NO4. The van der Waals surface area contributed by atoms with Crippen molar-refractivity contribution in [2.75, 3.05) is 6.61 Å². The van der Waals surface area contributed by atoms with Crippen LogP contribution in [0.5, 0.6) is 5.75 Å². The summed E-state index contributed by atoms with van der Waals surface area (Å²) in [5.74, 6) is 2.63. The molecule has 3 aromatic rings. The molecule has 0 aliphatic rings. The van der Waals surface area contributed by atoms with Crippen molar-refractivity contribution in [1.29, 1.82) is 0 Å². The van der Waals surface area contributed by atoms with Gasteiger partial charge in [0.1, 0.15) is 17.3 Å². The molecule has 0 saturated heterocycles. The lowest BCUT2D eigenvalue weighted by Gasteiger charge is -2.11. The first-order valence-electron chi connectivity index (χ1n) is 8.45. The van der Waals surface area contributed by atoms with E-state index in [1.54, 1.807) is 6.92 Å².